The number of hydrogen-bond donors (Lipinski definition) is 0. The Labute approximate surface area is 224 Å². The maximum absolute atomic E-state index is 13.9. The average molecular weight is 533 g/mol. The zero-order valence-corrected chi connectivity index (χ0v) is 27.6. The van der Waals surface area contributed by atoms with Crippen molar-refractivity contribution < 1.29 is 13.6 Å². The third-order valence-electron chi connectivity index (χ3n) is 12.4. The quantitative estimate of drug-likeness (QED) is 0.206. The van der Waals surface area contributed by atoms with Crippen molar-refractivity contribution in [1.29, 1.82) is 0 Å². The summed E-state index contributed by atoms with van der Waals surface area (Å²) in [6.07, 6.45) is 12.2. The molecule has 3 saturated carbocycles. The van der Waals surface area contributed by atoms with Gasteiger partial charge >= 0.3 is 0 Å². The Kier molecular flexibility index (Phi) is 6.90. The lowest BCUT2D eigenvalue weighted by molar-refractivity contribution is -0.226. The maximum atomic E-state index is 13.9. The highest BCUT2D eigenvalue weighted by molar-refractivity contribution is 6.75. The van der Waals surface area contributed by atoms with E-state index in [1.165, 1.54) is 6.42 Å². The van der Waals surface area contributed by atoms with Gasteiger partial charge in [-0.1, -0.05) is 67.5 Å². The summed E-state index contributed by atoms with van der Waals surface area (Å²) in [4.78, 5) is 13.9. The minimum Gasteiger partial charge on any atom is -0.390 e. The first-order valence-corrected chi connectivity index (χ1v) is 20.6. The van der Waals surface area contributed by atoms with Crippen LogP contribution in [0.15, 0.2) is 12.2 Å². The van der Waals surface area contributed by atoms with Crippen LogP contribution in [-0.2, 0) is 13.6 Å². The van der Waals surface area contributed by atoms with Crippen LogP contribution >= 0.6 is 0 Å². The first-order chi connectivity index (χ1) is 16.2. The third-order valence-corrected chi connectivity index (χ3v) is 21.3. The van der Waals surface area contributed by atoms with Gasteiger partial charge in [0.25, 0.3) is 0 Å². The molecule has 206 valence electrons. The van der Waals surface area contributed by atoms with E-state index in [1.807, 2.05) is 0 Å². The maximum Gasteiger partial charge on any atom is 0.195 e. The molecule has 3 nitrogen and oxygen atoms in total. The highest BCUT2D eigenvalue weighted by Crippen LogP contribution is 2.69. The van der Waals surface area contributed by atoms with Crippen LogP contribution in [0.4, 0.5) is 0 Å². The van der Waals surface area contributed by atoms with Gasteiger partial charge in [0.15, 0.2) is 22.4 Å². The summed E-state index contributed by atoms with van der Waals surface area (Å²) < 4.78 is 15.1. The Morgan fingerprint density at radius 2 is 1.36 bits per heavy atom. The third kappa shape index (κ3) is 4.21. The number of allylic oxidation sites excluding steroid dienone is 2. The number of fused-ring (bicyclic) bond motifs is 5. The highest BCUT2D eigenvalue weighted by Gasteiger charge is 2.70. The number of carbonyl (C=O) groups is 1. The molecule has 4 aliphatic carbocycles. The van der Waals surface area contributed by atoms with Gasteiger partial charge in [-0.2, -0.15) is 0 Å². The lowest BCUT2D eigenvalue weighted by Gasteiger charge is -2.61. The monoisotopic (exact) mass is 532 g/mol. The van der Waals surface area contributed by atoms with Crippen LogP contribution in [0.5, 0.6) is 0 Å². The van der Waals surface area contributed by atoms with E-state index in [0.29, 0.717) is 23.5 Å². The van der Waals surface area contributed by atoms with E-state index in [9.17, 15) is 4.79 Å². The molecule has 0 aromatic heterocycles. The number of rotatable bonds is 4. The van der Waals surface area contributed by atoms with E-state index in [2.05, 4.69) is 93.7 Å². The number of hydrogen-bond acceptors (Lipinski definition) is 3. The Morgan fingerprint density at radius 1 is 0.833 bits per heavy atom. The van der Waals surface area contributed by atoms with Crippen molar-refractivity contribution in [2.24, 2.45) is 34.5 Å². The minimum atomic E-state index is -2.13. The predicted molar refractivity (Wildman–Crippen MR) is 156 cm³/mol. The molecule has 0 aromatic carbocycles. The standard InChI is InChI=1S/C31H56O3Si2/c1-27(2,3)35(9,10)33-31(34-36(11,12)28(4,5)6)20-17-24-26-23(16-19-30(24,31)8)29(7)18-14-13-15-22(29)21-25(26)32/h14,18,22-24,26H,13,15-17,19-21H2,1-12H3/t22?,23-,24+,26-,29+,30+/m1/s1. The SMILES string of the molecule is CC(C)(C)[Si](C)(C)OC1(O[Si](C)(C)C(C)(C)C)CC[C@H]2[C@@H]3C(=O)CC4CCC=C[C@]4(C)[C@@H]3CC[C@@]21C. The summed E-state index contributed by atoms with van der Waals surface area (Å²) in [5, 5.41) is 0.216. The second-order valence-electron chi connectivity index (χ2n) is 16.4. The van der Waals surface area contributed by atoms with E-state index in [0.717, 1.165) is 38.5 Å². The molecule has 1 unspecified atom stereocenters. The first kappa shape index (κ1) is 28.8. The minimum absolute atomic E-state index is 0.108. The van der Waals surface area contributed by atoms with Crippen molar-refractivity contribution in [3.8, 4) is 0 Å². The molecule has 3 fully saturated rings. The molecule has 0 saturated heterocycles. The van der Waals surface area contributed by atoms with Gasteiger partial charge in [0.05, 0.1) is 0 Å². The van der Waals surface area contributed by atoms with Gasteiger partial charge in [0.2, 0.25) is 0 Å². The summed E-state index contributed by atoms with van der Waals surface area (Å²) in [6.45, 7) is 28.5. The molecule has 0 N–H and O–H groups in total. The molecule has 6 atom stereocenters. The van der Waals surface area contributed by atoms with Gasteiger partial charge in [-0.3, -0.25) is 4.79 Å². The number of carbonyl (C=O) groups excluding carboxylic acids is 1. The van der Waals surface area contributed by atoms with E-state index < -0.39 is 22.4 Å². The van der Waals surface area contributed by atoms with Gasteiger partial charge in [0.1, 0.15) is 5.78 Å². The lowest BCUT2D eigenvalue weighted by Crippen LogP contribution is -2.65. The summed E-state index contributed by atoms with van der Waals surface area (Å²) in [5.41, 5.74) is 0.0421. The fraction of sp³-hybridized carbons (Fsp3) is 0.903. The summed E-state index contributed by atoms with van der Waals surface area (Å²) >= 11 is 0. The molecule has 0 aromatic rings. The van der Waals surface area contributed by atoms with Crippen molar-refractivity contribution in [3.63, 3.8) is 0 Å². The molecule has 5 heteroatoms. The van der Waals surface area contributed by atoms with Gasteiger partial charge in [-0.05, 0) is 91.5 Å². The second-order valence-corrected chi connectivity index (χ2v) is 25.9. The highest BCUT2D eigenvalue weighted by atomic mass is 28.4. The molecule has 4 rings (SSSR count). The zero-order valence-electron chi connectivity index (χ0n) is 25.6. The van der Waals surface area contributed by atoms with E-state index >= 15 is 0 Å². The fourth-order valence-electron chi connectivity index (χ4n) is 7.94. The van der Waals surface area contributed by atoms with Crippen LogP contribution in [0, 0.1) is 34.5 Å². The van der Waals surface area contributed by atoms with Crippen LogP contribution in [-0.4, -0.2) is 28.2 Å². The van der Waals surface area contributed by atoms with E-state index in [4.69, 9.17) is 8.85 Å². The molecule has 0 bridgehead atoms. The summed E-state index contributed by atoms with van der Waals surface area (Å²) in [7, 11) is -4.25. The molecule has 0 aliphatic heterocycles. The molecule has 0 spiro atoms. The summed E-state index contributed by atoms with van der Waals surface area (Å²) in [5.74, 6) is 1.46. The van der Waals surface area contributed by atoms with E-state index in [1.54, 1.807) is 0 Å². The second kappa shape index (κ2) is 8.63. The Morgan fingerprint density at radius 3 is 1.89 bits per heavy atom. The number of ketones is 1. The Hall–Kier alpha value is -0.236. The largest absolute Gasteiger partial charge is 0.390 e. The van der Waals surface area contributed by atoms with Crippen LogP contribution in [0.3, 0.4) is 0 Å². The van der Waals surface area contributed by atoms with Crippen LogP contribution < -0.4 is 0 Å². The van der Waals surface area contributed by atoms with Crippen LogP contribution in [0.2, 0.25) is 36.3 Å². The van der Waals surface area contributed by atoms with Crippen molar-refractivity contribution in [3.05, 3.63) is 12.2 Å². The molecule has 0 heterocycles. The Bertz CT molecular complexity index is 880. The normalized spacial score (nSPS) is 38.9. The lowest BCUT2D eigenvalue weighted by atomic mass is 9.46. The van der Waals surface area contributed by atoms with Crippen LogP contribution in [0.1, 0.15) is 100 Å². The zero-order chi connectivity index (χ0) is 27.2. The smallest absolute Gasteiger partial charge is 0.195 e. The van der Waals surface area contributed by atoms with Crippen LogP contribution in [0.25, 0.3) is 0 Å². The van der Waals surface area contributed by atoms with Crippen molar-refractivity contribution in [1.82, 2.24) is 0 Å². The molecule has 0 amide bonds. The molecule has 4 aliphatic rings. The molecular formula is C31H56O3Si2. The van der Waals surface area contributed by atoms with Gasteiger partial charge in [0, 0.05) is 24.2 Å². The number of Topliss-reactive ketones (excluding diaryl/α,β-unsaturated/α-hetero) is 1. The van der Waals surface area contributed by atoms with Gasteiger partial charge in [-0.25, -0.2) is 0 Å². The van der Waals surface area contributed by atoms with Gasteiger partial charge < -0.3 is 8.85 Å². The van der Waals surface area contributed by atoms with Crippen molar-refractivity contribution >= 4 is 22.4 Å². The summed E-state index contributed by atoms with van der Waals surface area (Å²) in [6, 6.07) is 0. The topological polar surface area (TPSA) is 35.5 Å². The molecular weight excluding hydrogens is 477 g/mol. The van der Waals surface area contributed by atoms with E-state index in [-0.39, 0.29) is 26.8 Å². The Balaban J connectivity index is 1.79. The van der Waals surface area contributed by atoms with Crippen molar-refractivity contribution in [2.75, 3.05) is 0 Å². The average Bonchev–Trinajstić information content (AvgIpc) is 2.98. The first-order valence-electron chi connectivity index (χ1n) is 14.8. The van der Waals surface area contributed by atoms with Crippen molar-refractivity contribution in [2.45, 2.75) is 142 Å². The predicted octanol–water partition coefficient (Wildman–Crippen LogP) is 9.11. The fourth-order valence-corrected chi connectivity index (χ4v) is 11.0. The van der Waals surface area contributed by atoms with Gasteiger partial charge in [-0.15, -0.1) is 0 Å². The molecule has 36 heavy (non-hydrogen) atoms. The molecule has 0 radical (unpaired) electrons.